The van der Waals surface area contributed by atoms with E-state index in [1.807, 2.05) is 30.5 Å². The standard InChI is InChI=1S/C20H23N5O2S2/c1-13-4-3-9-24(12-13)20-23-25-16(10-17(26)22-19(25)29-20)18(27)21-11-14-5-7-15(28-2)8-6-14/h5-8,10,13H,3-4,9,11-12H2,1-2H3,(H,21,27). The Kier molecular flexibility index (Phi) is 5.86. The lowest BCUT2D eigenvalue weighted by atomic mass is 10.0. The van der Waals surface area contributed by atoms with E-state index in [1.165, 1.54) is 33.2 Å². The van der Waals surface area contributed by atoms with Crippen molar-refractivity contribution in [1.29, 1.82) is 0 Å². The predicted octanol–water partition coefficient (Wildman–Crippen LogP) is 3.04. The topological polar surface area (TPSA) is 79.6 Å². The Morgan fingerprint density at radius 3 is 2.86 bits per heavy atom. The number of rotatable bonds is 5. The fourth-order valence-electron chi connectivity index (χ4n) is 3.47. The van der Waals surface area contributed by atoms with Gasteiger partial charge in [-0.05, 0) is 42.7 Å². The van der Waals surface area contributed by atoms with Crippen LogP contribution in [0.4, 0.5) is 5.13 Å². The number of benzene rings is 1. The van der Waals surface area contributed by atoms with E-state index in [4.69, 9.17) is 0 Å². The Morgan fingerprint density at radius 2 is 2.14 bits per heavy atom. The van der Waals surface area contributed by atoms with E-state index in [9.17, 15) is 9.59 Å². The number of anilines is 1. The fourth-order valence-corrected chi connectivity index (χ4v) is 4.82. The van der Waals surface area contributed by atoms with E-state index < -0.39 is 5.56 Å². The van der Waals surface area contributed by atoms with E-state index in [0.29, 0.717) is 17.4 Å². The van der Waals surface area contributed by atoms with Crippen molar-refractivity contribution in [2.75, 3.05) is 24.2 Å². The molecule has 29 heavy (non-hydrogen) atoms. The minimum absolute atomic E-state index is 0.216. The third-order valence-electron chi connectivity index (χ3n) is 5.02. The van der Waals surface area contributed by atoms with Gasteiger partial charge in [-0.15, -0.1) is 16.9 Å². The largest absolute Gasteiger partial charge is 0.347 e. The van der Waals surface area contributed by atoms with Gasteiger partial charge in [-0.3, -0.25) is 9.59 Å². The summed E-state index contributed by atoms with van der Waals surface area (Å²) in [6.07, 6.45) is 4.35. The maximum Gasteiger partial charge on any atom is 0.274 e. The van der Waals surface area contributed by atoms with Crippen molar-refractivity contribution in [1.82, 2.24) is 19.9 Å². The number of amides is 1. The van der Waals surface area contributed by atoms with Crippen molar-refractivity contribution < 1.29 is 4.79 Å². The molecule has 3 aromatic rings. The van der Waals surface area contributed by atoms with Crippen LogP contribution in [0.5, 0.6) is 0 Å². The van der Waals surface area contributed by atoms with Gasteiger partial charge in [0, 0.05) is 30.6 Å². The van der Waals surface area contributed by atoms with Gasteiger partial charge in [-0.25, -0.2) is 0 Å². The highest BCUT2D eigenvalue weighted by atomic mass is 32.2. The van der Waals surface area contributed by atoms with Gasteiger partial charge in [0.25, 0.3) is 11.5 Å². The fraction of sp³-hybridized carbons (Fsp3) is 0.400. The lowest BCUT2D eigenvalue weighted by Crippen LogP contribution is -2.34. The minimum atomic E-state index is -0.429. The number of aromatic nitrogens is 3. The van der Waals surface area contributed by atoms with E-state index in [1.54, 1.807) is 11.8 Å². The summed E-state index contributed by atoms with van der Waals surface area (Å²) < 4.78 is 1.49. The van der Waals surface area contributed by atoms with Crippen molar-refractivity contribution in [3.63, 3.8) is 0 Å². The Morgan fingerprint density at radius 1 is 1.34 bits per heavy atom. The highest BCUT2D eigenvalue weighted by molar-refractivity contribution is 7.98. The Labute approximate surface area is 177 Å². The molecule has 7 nitrogen and oxygen atoms in total. The zero-order valence-corrected chi connectivity index (χ0v) is 18.1. The molecule has 0 bridgehead atoms. The van der Waals surface area contributed by atoms with Crippen LogP contribution >= 0.6 is 23.1 Å². The Bertz CT molecular complexity index is 1080. The lowest BCUT2D eigenvalue weighted by molar-refractivity contribution is 0.0943. The Balaban J connectivity index is 1.56. The molecule has 1 fully saturated rings. The average molecular weight is 430 g/mol. The zero-order chi connectivity index (χ0) is 20.4. The third-order valence-corrected chi connectivity index (χ3v) is 6.73. The molecule has 1 N–H and O–H groups in total. The molecule has 0 saturated carbocycles. The summed E-state index contributed by atoms with van der Waals surface area (Å²) >= 11 is 3.03. The highest BCUT2D eigenvalue weighted by Crippen LogP contribution is 2.27. The van der Waals surface area contributed by atoms with Crippen molar-refractivity contribution >= 4 is 39.1 Å². The Hall–Kier alpha value is -2.39. The van der Waals surface area contributed by atoms with Crippen LogP contribution in [0.3, 0.4) is 0 Å². The summed E-state index contributed by atoms with van der Waals surface area (Å²) in [4.78, 5) is 32.7. The summed E-state index contributed by atoms with van der Waals surface area (Å²) in [6, 6.07) is 9.26. The van der Waals surface area contributed by atoms with E-state index >= 15 is 0 Å². The first kappa shape index (κ1) is 19.9. The summed E-state index contributed by atoms with van der Waals surface area (Å²) in [5.41, 5.74) is 0.782. The quantitative estimate of drug-likeness (QED) is 0.628. The van der Waals surface area contributed by atoms with Crippen molar-refractivity contribution in [2.24, 2.45) is 5.92 Å². The molecule has 1 amide bonds. The molecule has 1 aliphatic rings. The number of piperidine rings is 1. The van der Waals surface area contributed by atoms with Crippen molar-refractivity contribution in [2.45, 2.75) is 31.2 Å². The molecule has 3 heterocycles. The van der Waals surface area contributed by atoms with Crippen LogP contribution in [0.2, 0.25) is 0 Å². The molecular weight excluding hydrogens is 406 g/mol. The number of fused-ring (bicyclic) bond motifs is 1. The molecule has 1 unspecified atom stereocenters. The number of nitrogens with one attached hydrogen (secondary N) is 1. The number of hydrogen-bond donors (Lipinski definition) is 1. The van der Waals surface area contributed by atoms with Gasteiger partial charge in [0.05, 0.1) is 0 Å². The monoisotopic (exact) mass is 429 g/mol. The molecule has 1 aliphatic heterocycles. The summed E-state index contributed by atoms with van der Waals surface area (Å²) in [5, 5.41) is 8.29. The van der Waals surface area contributed by atoms with Crippen LogP contribution in [0, 0.1) is 5.92 Å². The average Bonchev–Trinajstić information content (AvgIpc) is 3.15. The first-order valence-electron chi connectivity index (χ1n) is 9.60. The van der Waals surface area contributed by atoms with E-state index in [0.717, 1.165) is 30.2 Å². The van der Waals surface area contributed by atoms with Gasteiger partial charge in [-0.2, -0.15) is 9.50 Å². The zero-order valence-electron chi connectivity index (χ0n) is 16.4. The smallest absolute Gasteiger partial charge is 0.274 e. The van der Waals surface area contributed by atoms with Crippen molar-refractivity contribution in [3.05, 3.63) is 51.9 Å². The molecule has 1 atom stereocenters. The van der Waals surface area contributed by atoms with Crippen LogP contribution in [0.1, 0.15) is 35.8 Å². The van der Waals surface area contributed by atoms with Crippen LogP contribution in [-0.4, -0.2) is 39.9 Å². The molecule has 2 aromatic heterocycles. The number of carbonyl (C=O) groups excluding carboxylic acids is 1. The van der Waals surface area contributed by atoms with Crippen LogP contribution in [-0.2, 0) is 6.54 Å². The number of thioether (sulfide) groups is 1. The third kappa shape index (κ3) is 4.45. The van der Waals surface area contributed by atoms with Gasteiger partial charge in [0.2, 0.25) is 10.1 Å². The molecule has 1 aromatic carbocycles. The molecule has 0 aliphatic carbocycles. The van der Waals surface area contributed by atoms with Gasteiger partial charge < -0.3 is 10.2 Å². The second-order valence-electron chi connectivity index (χ2n) is 7.28. The lowest BCUT2D eigenvalue weighted by Gasteiger charge is -2.30. The molecule has 9 heteroatoms. The number of nitrogens with zero attached hydrogens (tertiary/aromatic N) is 4. The first-order chi connectivity index (χ1) is 14.0. The predicted molar refractivity (Wildman–Crippen MR) is 117 cm³/mol. The van der Waals surface area contributed by atoms with Crippen LogP contribution < -0.4 is 15.8 Å². The normalized spacial score (nSPS) is 16.9. The molecular formula is C20H23N5O2S2. The van der Waals surface area contributed by atoms with Gasteiger partial charge in [0.1, 0.15) is 5.69 Å². The van der Waals surface area contributed by atoms with Gasteiger partial charge >= 0.3 is 0 Å². The van der Waals surface area contributed by atoms with Gasteiger partial charge in [0.15, 0.2) is 0 Å². The maximum atomic E-state index is 12.8. The molecule has 1 saturated heterocycles. The van der Waals surface area contributed by atoms with Gasteiger partial charge in [-0.1, -0.05) is 30.4 Å². The van der Waals surface area contributed by atoms with E-state index in [-0.39, 0.29) is 11.6 Å². The SMILES string of the molecule is CSc1ccc(CNC(=O)c2cc(=O)nc3sc(N4CCCC(C)C4)nn23)cc1. The second kappa shape index (κ2) is 8.54. The summed E-state index contributed by atoms with van der Waals surface area (Å²) in [5.74, 6) is 0.265. The number of carbonyl (C=O) groups is 1. The summed E-state index contributed by atoms with van der Waals surface area (Å²) in [7, 11) is 0. The van der Waals surface area contributed by atoms with E-state index in [2.05, 4.69) is 27.2 Å². The first-order valence-corrected chi connectivity index (χ1v) is 11.6. The second-order valence-corrected chi connectivity index (χ2v) is 9.10. The molecule has 0 spiro atoms. The van der Waals surface area contributed by atoms with Crippen molar-refractivity contribution in [3.8, 4) is 0 Å². The minimum Gasteiger partial charge on any atom is -0.347 e. The maximum absolute atomic E-state index is 12.8. The molecule has 4 rings (SSSR count). The summed E-state index contributed by atoms with van der Waals surface area (Å²) in [6.45, 7) is 4.47. The van der Waals surface area contributed by atoms with Crippen LogP contribution in [0.25, 0.3) is 4.96 Å². The molecule has 152 valence electrons. The highest BCUT2D eigenvalue weighted by Gasteiger charge is 2.22. The number of hydrogen-bond acceptors (Lipinski definition) is 7. The van der Waals surface area contributed by atoms with Crippen LogP contribution in [0.15, 0.2) is 40.0 Å². The molecule has 0 radical (unpaired) electrons.